The van der Waals surface area contributed by atoms with Crippen molar-refractivity contribution in [3.63, 3.8) is 0 Å². The smallest absolute Gasteiger partial charge is 0.252 e. The molecule has 19 heavy (non-hydrogen) atoms. The Balaban J connectivity index is 2.02. The number of anilines is 2. The molecule has 0 bridgehead atoms. The normalized spacial score (nSPS) is 10.1. The molecule has 1 aromatic heterocycles. The summed E-state index contributed by atoms with van der Waals surface area (Å²) in [5, 5.41) is 3.10. The number of rotatable bonds is 5. The number of nitrogen functional groups attached to an aromatic ring is 1. The summed E-state index contributed by atoms with van der Waals surface area (Å²) in [6.45, 7) is 0.668. The Bertz CT molecular complexity index is 569. The van der Waals surface area contributed by atoms with Gasteiger partial charge in [0, 0.05) is 6.54 Å². The molecule has 1 aromatic carbocycles. The summed E-state index contributed by atoms with van der Waals surface area (Å²) in [5.41, 5.74) is 12.8. The highest BCUT2D eigenvalue weighted by Crippen LogP contribution is 2.14. The van der Waals surface area contributed by atoms with E-state index in [1.165, 1.54) is 17.8 Å². The molecule has 5 nitrogen and oxygen atoms in total. The van der Waals surface area contributed by atoms with Gasteiger partial charge in [-0.25, -0.2) is 4.98 Å². The Labute approximate surface area is 111 Å². The summed E-state index contributed by atoms with van der Waals surface area (Å²) in [6, 6.07) is 11.6. The first-order chi connectivity index (χ1) is 9.16. The standard InChI is InChI=1S/C14H16N4O/c15-11-8-12(13(16)19)14(18-9-11)17-7-6-10-4-2-1-3-5-10/h1-5,8-9H,6-7,15H2,(H2,16,19)(H,17,18). The number of carbonyl (C=O) groups excluding carboxylic acids is 1. The van der Waals surface area contributed by atoms with Crippen LogP contribution in [0.15, 0.2) is 42.6 Å². The summed E-state index contributed by atoms with van der Waals surface area (Å²) < 4.78 is 0. The van der Waals surface area contributed by atoms with E-state index in [4.69, 9.17) is 11.5 Å². The van der Waals surface area contributed by atoms with Gasteiger partial charge >= 0.3 is 0 Å². The number of carbonyl (C=O) groups is 1. The van der Waals surface area contributed by atoms with E-state index in [9.17, 15) is 4.79 Å². The molecule has 2 rings (SSSR count). The fourth-order valence-electron chi connectivity index (χ4n) is 1.78. The molecule has 0 unspecified atom stereocenters. The van der Waals surface area contributed by atoms with Crippen LogP contribution in [0.2, 0.25) is 0 Å². The Hall–Kier alpha value is -2.56. The molecule has 5 heteroatoms. The number of nitrogens with one attached hydrogen (secondary N) is 1. The number of primary amides is 1. The van der Waals surface area contributed by atoms with E-state index in [-0.39, 0.29) is 0 Å². The molecule has 0 atom stereocenters. The molecule has 98 valence electrons. The predicted octanol–water partition coefficient (Wildman–Crippen LogP) is 1.42. The van der Waals surface area contributed by atoms with E-state index in [0.717, 1.165) is 6.42 Å². The van der Waals surface area contributed by atoms with Crippen LogP contribution in [0.3, 0.4) is 0 Å². The van der Waals surface area contributed by atoms with Gasteiger partial charge in [-0.3, -0.25) is 4.79 Å². The molecular formula is C14H16N4O. The van der Waals surface area contributed by atoms with E-state index in [1.54, 1.807) is 0 Å². The molecular weight excluding hydrogens is 240 g/mol. The van der Waals surface area contributed by atoms with Gasteiger partial charge in [-0.15, -0.1) is 0 Å². The van der Waals surface area contributed by atoms with Crippen molar-refractivity contribution < 1.29 is 4.79 Å². The van der Waals surface area contributed by atoms with Crippen molar-refractivity contribution in [1.82, 2.24) is 4.98 Å². The van der Waals surface area contributed by atoms with Crippen molar-refractivity contribution in [2.45, 2.75) is 6.42 Å². The zero-order valence-corrected chi connectivity index (χ0v) is 10.5. The number of pyridine rings is 1. The second-order valence-electron chi connectivity index (χ2n) is 4.19. The highest BCUT2D eigenvalue weighted by molar-refractivity contribution is 5.98. The maximum Gasteiger partial charge on any atom is 0.252 e. The van der Waals surface area contributed by atoms with Gasteiger partial charge in [0.05, 0.1) is 17.4 Å². The Kier molecular flexibility index (Phi) is 3.97. The van der Waals surface area contributed by atoms with Gasteiger partial charge in [-0.1, -0.05) is 30.3 Å². The third-order valence-corrected chi connectivity index (χ3v) is 2.72. The molecule has 0 aliphatic carbocycles. The van der Waals surface area contributed by atoms with Gasteiger partial charge in [0.2, 0.25) is 0 Å². The van der Waals surface area contributed by atoms with Crippen LogP contribution in [0.25, 0.3) is 0 Å². The van der Waals surface area contributed by atoms with Crippen LogP contribution in [0.4, 0.5) is 11.5 Å². The quantitative estimate of drug-likeness (QED) is 0.754. The summed E-state index contributed by atoms with van der Waals surface area (Å²) >= 11 is 0. The number of hydrogen-bond donors (Lipinski definition) is 3. The molecule has 0 saturated heterocycles. The topological polar surface area (TPSA) is 94.0 Å². The third kappa shape index (κ3) is 3.45. The minimum absolute atomic E-state index is 0.313. The average Bonchev–Trinajstić information content (AvgIpc) is 2.41. The monoisotopic (exact) mass is 256 g/mol. The SMILES string of the molecule is NC(=O)c1cc(N)cnc1NCCc1ccccc1. The lowest BCUT2D eigenvalue weighted by Crippen LogP contribution is -2.17. The zero-order chi connectivity index (χ0) is 13.7. The number of amides is 1. The number of hydrogen-bond acceptors (Lipinski definition) is 4. The number of nitrogens with zero attached hydrogens (tertiary/aromatic N) is 1. The van der Waals surface area contributed by atoms with E-state index in [0.29, 0.717) is 23.6 Å². The summed E-state index contributed by atoms with van der Waals surface area (Å²) in [4.78, 5) is 15.4. The van der Waals surface area contributed by atoms with Gasteiger partial charge in [0.25, 0.3) is 5.91 Å². The van der Waals surface area contributed by atoms with Gasteiger partial charge in [0.1, 0.15) is 5.82 Å². The maximum atomic E-state index is 11.3. The number of benzene rings is 1. The van der Waals surface area contributed by atoms with Crippen LogP contribution in [0, 0.1) is 0 Å². The minimum atomic E-state index is -0.540. The van der Waals surface area contributed by atoms with E-state index >= 15 is 0 Å². The second-order valence-corrected chi connectivity index (χ2v) is 4.19. The van der Waals surface area contributed by atoms with E-state index in [1.807, 2.05) is 30.3 Å². The van der Waals surface area contributed by atoms with Crippen LogP contribution < -0.4 is 16.8 Å². The van der Waals surface area contributed by atoms with Crippen LogP contribution in [-0.4, -0.2) is 17.4 Å². The van der Waals surface area contributed by atoms with Gasteiger partial charge < -0.3 is 16.8 Å². The summed E-state index contributed by atoms with van der Waals surface area (Å²) in [5.74, 6) is -0.0698. The number of nitrogens with two attached hydrogens (primary N) is 2. The Morgan fingerprint density at radius 2 is 2.00 bits per heavy atom. The molecule has 0 spiro atoms. The minimum Gasteiger partial charge on any atom is -0.397 e. The fraction of sp³-hybridized carbons (Fsp3) is 0.143. The molecule has 0 fully saturated rings. The van der Waals surface area contributed by atoms with Crippen LogP contribution in [0.5, 0.6) is 0 Å². The van der Waals surface area contributed by atoms with Crippen molar-refractivity contribution in [2.24, 2.45) is 5.73 Å². The van der Waals surface area contributed by atoms with Crippen molar-refractivity contribution in [1.29, 1.82) is 0 Å². The van der Waals surface area contributed by atoms with E-state index < -0.39 is 5.91 Å². The molecule has 0 radical (unpaired) electrons. The highest BCUT2D eigenvalue weighted by Gasteiger charge is 2.09. The largest absolute Gasteiger partial charge is 0.397 e. The van der Waals surface area contributed by atoms with Gasteiger partial charge in [0.15, 0.2) is 0 Å². The first-order valence-electron chi connectivity index (χ1n) is 6.00. The van der Waals surface area contributed by atoms with Crippen molar-refractivity contribution in [3.05, 3.63) is 53.7 Å². The second kappa shape index (κ2) is 5.86. The molecule has 0 aliphatic rings. The van der Waals surface area contributed by atoms with Crippen molar-refractivity contribution in [3.8, 4) is 0 Å². The first kappa shape index (κ1) is 12.9. The average molecular weight is 256 g/mol. The fourth-order valence-corrected chi connectivity index (χ4v) is 1.78. The van der Waals surface area contributed by atoms with E-state index in [2.05, 4.69) is 10.3 Å². The van der Waals surface area contributed by atoms with Crippen LogP contribution in [0.1, 0.15) is 15.9 Å². The molecule has 2 aromatic rings. The molecule has 0 saturated carbocycles. The first-order valence-corrected chi connectivity index (χ1v) is 6.00. The molecule has 1 heterocycles. The summed E-state index contributed by atoms with van der Waals surface area (Å²) in [7, 11) is 0. The molecule has 0 aliphatic heterocycles. The molecule has 1 amide bonds. The Morgan fingerprint density at radius 3 is 2.68 bits per heavy atom. The zero-order valence-electron chi connectivity index (χ0n) is 10.5. The highest BCUT2D eigenvalue weighted by atomic mass is 16.1. The number of aromatic nitrogens is 1. The molecule has 5 N–H and O–H groups in total. The van der Waals surface area contributed by atoms with Crippen LogP contribution >= 0.6 is 0 Å². The lowest BCUT2D eigenvalue weighted by Gasteiger charge is -2.09. The third-order valence-electron chi connectivity index (χ3n) is 2.72. The van der Waals surface area contributed by atoms with Gasteiger partial charge in [-0.2, -0.15) is 0 Å². The van der Waals surface area contributed by atoms with Gasteiger partial charge in [-0.05, 0) is 18.1 Å². The lowest BCUT2D eigenvalue weighted by molar-refractivity contribution is 0.100. The lowest BCUT2D eigenvalue weighted by atomic mass is 10.1. The van der Waals surface area contributed by atoms with Crippen LogP contribution in [-0.2, 0) is 6.42 Å². The Morgan fingerprint density at radius 1 is 1.26 bits per heavy atom. The summed E-state index contributed by atoms with van der Waals surface area (Å²) in [6.07, 6.45) is 2.34. The predicted molar refractivity (Wildman–Crippen MR) is 75.8 cm³/mol. The van der Waals surface area contributed by atoms with Crippen molar-refractivity contribution >= 4 is 17.4 Å². The maximum absolute atomic E-state index is 11.3. The van der Waals surface area contributed by atoms with Crippen molar-refractivity contribution in [2.75, 3.05) is 17.6 Å².